The molecular formula is C28H31NO3. The Morgan fingerprint density at radius 1 is 0.969 bits per heavy atom. The zero-order valence-corrected chi connectivity index (χ0v) is 19.1. The maximum absolute atomic E-state index is 13.2. The topological polar surface area (TPSA) is 49.8 Å². The summed E-state index contributed by atoms with van der Waals surface area (Å²) >= 11 is 0. The molecule has 0 aliphatic rings. The van der Waals surface area contributed by atoms with Gasteiger partial charge in [0.15, 0.2) is 0 Å². The Kier molecular flexibility index (Phi) is 7.85. The molecule has 1 amide bonds. The summed E-state index contributed by atoms with van der Waals surface area (Å²) in [6.07, 6.45) is 0.636. The number of nitrogens with zero attached hydrogens (tertiary/aromatic N) is 1. The largest absolute Gasteiger partial charge is 0.488 e. The number of benzene rings is 3. The number of hydrogen-bond donors (Lipinski definition) is 1. The molecule has 0 aliphatic carbocycles. The first-order chi connectivity index (χ1) is 15.4. The van der Waals surface area contributed by atoms with Gasteiger partial charge in [0, 0.05) is 31.3 Å². The molecule has 0 bridgehead atoms. The van der Waals surface area contributed by atoms with Gasteiger partial charge >= 0.3 is 0 Å². The zero-order valence-electron chi connectivity index (χ0n) is 19.1. The fraction of sp³-hybridized carbons (Fsp3) is 0.250. The van der Waals surface area contributed by atoms with Crippen molar-refractivity contribution in [3.05, 3.63) is 107 Å². The molecule has 4 nitrogen and oxygen atoms in total. The minimum Gasteiger partial charge on any atom is -0.488 e. The highest BCUT2D eigenvalue weighted by atomic mass is 16.5. The molecule has 0 radical (unpaired) electrons. The van der Waals surface area contributed by atoms with E-state index in [0.717, 1.165) is 39.1 Å². The van der Waals surface area contributed by atoms with Crippen molar-refractivity contribution in [1.29, 1.82) is 0 Å². The predicted molar refractivity (Wildman–Crippen MR) is 130 cm³/mol. The van der Waals surface area contributed by atoms with Gasteiger partial charge in [0.25, 0.3) is 5.91 Å². The van der Waals surface area contributed by atoms with E-state index in [1.165, 1.54) is 0 Å². The molecule has 0 spiro atoms. The number of ether oxygens (including phenoxy) is 1. The van der Waals surface area contributed by atoms with E-state index in [1.54, 1.807) is 4.90 Å². The molecule has 3 aromatic carbocycles. The van der Waals surface area contributed by atoms with Crippen LogP contribution in [0.1, 0.15) is 45.1 Å². The molecule has 32 heavy (non-hydrogen) atoms. The van der Waals surface area contributed by atoms with Crippen molar-refractivity contribution in [3.8, 4) is 5.75 Å². The third-order valence-electron chi connectivity index (χ3n) is 5.44. The van der Waals surface area contributed by atoms with Crippen molar-refractivity contribution in [2.75, 3.05) is 13.7 Å². The van der Waals surface area contributed by atoms with Gasteiger partial charge in [-0.25, -0.2) is 0 Å². The lowest BCUT2D eigenvalue weighted by Crippen LogP contribution is -2.27. The number of aliphatic hydroxyl groups is 1. The summed E-state index contributed by atoms with van der Waals surface area (Å²) in [7, 11) is 1.81. The highest BCUT2D eigenvalue weighted by Crippen LogP contribution is 2.30. The van der Waals surface area contributed by atoms with Crippen LogP contribution in [-0.4, -0.2) is 29.6 Å². The summed E-state index contributed by atoms with van der Waals surface area (Å²) in [4.78, 5) is 14.9. The van der Waals surface area contributed by atoms with Crippen molar-refractivity contribution >= 4 is 11.5 Å². The summed E-state index contributed by atoms with van der Waals surface area (Å²) in [5.41, 5.74) is 6.42. The minimum atomic E-state index is -0.0426. The molecule has 0 aliphatic heterocycles. The number of allylic oxidation sites excluding steroid dienone is 1. The van der Waals surface area contributed by atoms with Gasteiger partial charge in [-0.1, -0.05) is 61.2 Å². The van der Waals surface area contributed by atoms with E-state index in [1.807, 2.05) is 87.6 Å². The Morgan fingerprint density at radius 3 is 2.25 bits per heavy atom. The van der Waals surface area contributed by atoms with Crippen LogP contribution in [-0.2, 0) is 19.6 Å². The standard InChI is InChI=1S/C28H31NO3/c1-20(2)25-17-26(21(3)16-27(25)32-19-24-8-6-5-7-9-24)28(31)29(4)18-23-12-10-22(11-13-23)14-15-30/h5-13,16-17,30H,1,14-15,18-19H2,2-4H3. The molecule has 0 saturated carbocycles. The number of amides is 1. The molecule has 0 heterocycles. The third-order valence-corrected chi connectivity index (χ3v) is 5.44. The number of rotatable bonds is 9. The van der Waals surface area contributed by atoms with Gasteiger partial charge in [0.05, 0.1) is 0 Å². The number of aryl methyl sites for hydroxylation is 1. The number of carbonyl (C=O) groups excluding carboxylic acids is 1. The Morgan fingerprint density at radius 2 is 1.62 bits per heavy atom. The van der Waals surface area contributed by atoms with E-state index in [2.05, 4.69) is 6.58 Å². The average Bonchev–Trinajstić information content (AvgIpc) is 2.79. The van der Waals surface area contributed by atoms with Crippen LogP contribution >= 0.6 is 0 Å². The fourth-order valence-corrected chi connectivity index (χ4v) is 3.59. The molecule has 4 heteroatoms. The highest BCUT2D eigenvalue weighted by molar-refractivity contribution is 5.96. The molecular weight excluding hydrogens is 398 g/mol. The second kappa shape index (κ2) is 10.8. The van der Waals surface area contributed by atoms with Crippen molar-refractivity contribution in [2.24, 2.45) is 0 Å². The molecule has 0 aromatic heterocycles. The number of carbonyl (C=O) groups is 1. The Bertz CT molecular complexity index is 1070. The number of aliphatic hydroxyl groups excluding tert-OH is 1. The van der Waals surface area contributed by atoms with Crippen LogP contribution in [0.2, 0.25) is 0 Å². The summed E-state index contributed by atoms with van der Waals surface area (Å²) in [5.74, 6) is 0.691. The lowest BCUT2D eigenvalue weighted by molar-refractivity contribution is 0.0784. The maximum atomic E-state index is 13.2. The molecule has 0 atom stereocenters. The van der Waals surface area contributed by atoms with E-state index < -0.39 is 0 Å². The van der Waals surface area contributed by atoms with Crippen LogP contribution in [0.4, 0.5) is 0 Å². The first-order valence-electron chi connectivity index (χ1n) is 10.8. The van der Waals surface area contributed by atoms with Gasteiger partial charge in [-0.3, -0.25) is 4.79 Å². The fourth-order valence-electron chi connectivity index (χ4n) is 3.59. The first kappa shape index (κ1) is 23.3. The monoisotopic (exact) mass is 429 g/mol. The smallest absolute Gasteiger partial charge is 0.254 e. The van der Waals surface area contributed by atoms with Crippen molar-refractivity contribution in [2.45, 2.75) is 33.4 Å². The van der Waals surface area contributed by atoms with Gasteiger partial charge in [0.2, 0.25) is 0 Å². The summed E-state index contributed by atoms with van der Waals surface area (Å²) in [6.45, 7) is 9.04. The molecule has 0 saturated heterocycles. The summed E-state index contributed by atoms with van der Waals surface area (Å²) in [6, 6.07) is 21.8. The first-order valence-corrected chi connectivity index (χ1v) is 10.8. The van der Waals surface area contributed by atoms with E-state index >= 15 is 0 Å². The van der Waals surface area contributed by atoms with E-state index in [0.29, 0.717) is 25.1 Å². The molecule has 0 fully saturated rings. The summed E-state index contributed by atoms with van der Waals surface area (Å²) in [5, 5.41) is 9.06. The second-order valence-corrected chi connectivity index (χ2v) is 8.17. The Labute approximate surface area is 190 Å². The number of hydrogen-bond acceptors (Lipinski definition) is 3. The van der Waals surface area contributed by atoms with Gasteiger partial charge in [0.1, 0.15) is 12.4 Å². The summed E-state index contributed by atoms with van der Waals surface area (Å²) < 4.78 is 6.08. The van der Waals surface area contributed by atoms with Gasteiger partial charge < -0.3 is 14.7 Å². The van der Waals surface area contributed by atoms with Crippen LogP contribution in [0.25, 0.3) is 5.57 Å². The van der Waals surface area contributed by atoms with E-state index in [9.17, 15) is 4.79 Å². The molecule has 1 N–H and O–H groups in total. The van der Waals surface area contributed by atoms with Crippen molar-refractivity contribution in [1.82, 2.24) is 4.90 Å². The highest BCUT2D eigenvalue weighted by Gasteiger charge is 2.18. The second-order valence-electron chi connectivity index (χ2n) is 8.17. The van der Waals surface area contributed by atoms with E-state index in [-0.39, 0.29) is 12.5 Å². The molecule has 166 valence electrons. The Balaban J connectivity index is 1.77. The normalized spacial score (nSPS) is 10.6. The quantitative estimate of drug-likeness (QED) is 0.494. The van der Waals surface area contributed by atoms with Gasteiger partial charge in [-0.2, -0.15) is 0 Å². The maximum Gasteiger partial charge on any atom is 0.254 e. The lowest BCUT2D eigenvalue weighted by Gasteiger charge is -2.21. The molecule has 3 aromatic rings. The van der Waals surface area contributed by atoms with Crippen LogP contribution in [0.5, 0.6) is 5.75 Å². The van der Waals surface area contributed by atoms with Crippen molar-refractivity contribution < 1.29 is 14.6 Å². The Hall–Kier alpha value is -3.37. The lowest BCUT2D eigenvalue weighted by atomic mass is 9.99. The molecule has 3 rings (SSSR count). The van der Waals surface area contributed by atoms with E-state index in [4.69, 9.17) is 9.84 Å². The third kappa shape index (κ3) is 5.86. The predicted octanol–water partition coefficient (Wildman–Crippen LogP) is 5.41. The average molecular weight is 430 g/mol. The van der Waals surface area contributed by atoms with Crippen LogP contribution in [0.15, 0.2) is 73.3 Å². The SMILES string of the molecule is C=C(C)c1cc(C(=O)N(C)Cc2ccc(CCO)cc2)c(C)cc1OCc1ccccc1. The van der Waals surface area contributed by atoms with Gasteiger partial charge in [-0.15, -0.1) is 0 Å². The van der Waals surface area contributed by atoms with Crippen molar-refractivity contribution in [3.63, 3.8) is 0 Å². The van der Waals surface area contributed by atoms with Crippen LogP contribution < -0.4 is 4.74 Å². The van der Waals surface area contributed by atoms with Crippen LogP contribution in [0, 0.1) is 6.92 Å². The van der Waals surface area contributed by atoms with Gasteiger partial charge in [-0.05, 0) is 60.2 Å². The van der Waals surface area contributed by atoms with Crippen LogP contribution in [0.3, 0.4) is 0 Å². The minimum absolute atomic E-state index is 0.0426. The zero-order chi connectivity index (χ0) is 23.1. The molecule has 0 unspecified atom stereocenters.